The Hall–Kier alpha value is -1.08. The first-order valence-corrected chi connectivity index (χ1v) is 8.09. The monoisotopic (exact) mass is 288 g/mol. The molecule has 0 bridgehead atoms. The van der Waals surface area contributed by atoms with E-state index >= 15 is 0 Å². The average Bonchev–Trinajstić information content (AvgIpc) is 2.58. The minimum Gasteiger partial charge on any atom is -0.381 e. The fraction of sp³-hybridized carbons (Fsp3) is 0.750. The fourth-order valence-corrected chi connectivity index (χ4v) is 3.38. The van der Waals surface area contributed by atoms with Gasteiger partial charge in [-0.3, -0.25) is 4.68 Å². The van der Waals surface area contributed by atoms with Gasteiger partial charge in [-0.05, 0) is 25.7 Å². The van der Waals surface area contributed by atoms with Crippen molar-refractivity contribution in [2.24, 2.45) is 5.92 Å². The fourth-order valence-electron chi connectivity index (χ4n) is 2.05. The van der Waals surface area contributed by atoms with E-state index in [1.165, 1.54) is 6.20 Å². The largest absolute Gasteiger partial charge is 0.381 e. The Kier molecular flexibility index (Phi) is 5.37. The van der Waals surface area contributed by atoms with Crippen molar-refractivity contribution >= 4 is 15.8 Å². The van der Waals surface area contributed by atoms with E-state index < -0.39 is 10.0 Å². The third kappa shape index (κ3) is 4.50. The zero-order valence-corrected chi connectivity index (χ0v) is 12.9. The van der Waals surface area contributed by atoms with E-state index in [9.17, 15) is 8.42 Å². The molecule has 0 radical (unpaired) electrons. The van der Waals surface area contributed by atoms with Gasteiger partial charge in [0, 0.05) is 18.8 Å². The number of nitrogen functional groups attached to an aromatic ring is 1. The minimum absolute atomic E-state index is 0.0534. The Labute approximate surface area is 115 Å². The van der Waals surface area contributed by atoms with E-state index in [4.69, 9.17) is 5.73 Å². The molecular weight excluding hydrogens is 264 g/mol. The molecule has 6 nitrogen and oxygen atoms in total. The van der Waals surface area contributed by atoms with Gasteiger partial charge in [-0.2, -0.15) is 5.10 Å². The van der Waals surface area contributed by atoms with Crippen molar-refractivity contribution in [1.29, 1.82) is 0 Å². The summed E-state index contributed by atoms with van der Waals surface area (Å²) in [6, 6.07) is -0.126. The highest BCUT2D eigenvalue weighted by Gasteiger charge is 2.23. The van der Waals surface area contributed by atoms with Gasteiger partial charge in [0.05, 0.1) is 0 Å². The highest BCUT2D eigenvalue weighted by molar-refractivity contribution is 7.89. The van der Waals surface area contributed by atoms with E-state index in [2.05, 4.69) is 23.7 Å². The van der Waals surface area contributed by atoms with Crippen molar-refractivity contribution in [2.75, 3.05) is 5.73 Å². The third-order valence-electron chi connectivity index (χ3n) is 2.68. The van der Waals surface area contributed by atoms with Crippen LogP contribution in [-0.2, 0) is 16.6 Å². The summed E-state index contributed by atoms with van der Waals surface area (Å²) in [6.45, 7) is 8.61. The predicted octanol–water partition coefficient (Wildman–Crippen LogP) is 1.59. The molecule has 1 heterocycles. The van der Waals surface area contributed by atoms with Crippen LogP contribution in [0.1, 0.15) is 40.5 Å². The quantitative estimate of drug-likeness (QED) is 0.797. The SMILES string of the molecule is CCCn1cc(S(=O)(=O)NC(C)CC(C)C)c(N)n1. The lowest BCUT2D eigenvalue weighted by Crippen LogP contribution is -2.33. The van der Waals surface area contributed by atoms with E-state index in [-0.39, 0.29) is 16.8 Å². The lowest BCUT2D eigenvalue weighted by molar-refractivity contribution is 0.482. The number of anilines is 1. The standard InChI is InChI=1S/C12H24N4O2S/c1-5-6-16-8-11(12(13)14-16)19(17,18)15-10(4)7-9(2)3/h8-10,15H,5-7H2,1-4H3,(H2,13,14). The lowest BCUT2D eigenvalue weighted by Gasteiger charge is -2.15. The molecule has 110 valence electrons. The van der Waals surface area contributed by atoms with Gasteiger partial charge in [0.1, 0.15) is 4.90 Å². The molecule has 1 rings (SSSR count). The Balaban J connectivity index is 2.88. The first kappa shape index (κ1) is 16.0. The molecule has 3 N–H and O–H groups in total. The van der Waals surface area contributed by atoms with Crippen molar-refractivity contribution in [3.8, 4) is 0 Å². The summed E-state index contributed by atoms with van der Waals surface area (Å²) >= 11 is 0. The summed E-state index contributed by atoms with van der Waals surface area (Å²) in [5.41, 5.74) is 5.68. The molecule has 0 aliphatic rings. The second-order valence-electron chi connectivity index (χ2n) is 5.29. The van der Waals surface area contributed by atoms with Crippen LogP contribution in [0.25, 0.3) is 0 Å². The number of hydrogen-bond acceptors (Lipinski definition) is 4. The van der Waals surface area contributed by atoms with Crippen LogP contribution in [-0.4, -0.2) is 24.2 Å². The number of hydrogen-bond donors (Lipinski definition) is 2. The predicted molar refractivity (Wildman–Crippen MR) is 76.2 cm³/mol. The molecule has 1 unspecified atom stereocenters. The average molecular weight is 288 g/mol. The first-order chi connectivity index (χ1) is 8.76. The molecule has 0 saturated carbocycles. The van der Waals surface area contributed by atoms with Gasteiger partial charge < -0.3 is 5.73 Å². The number of aryl methyl sites for hydroxylation is 1. The number of nitrogens with two attached hydrogens (primary N) is 1. The summed E-state index contributed by atoms with van der Waals surface area (Å²) in [5, 5.41) is 4.01. The van der Waals surface area contributed by atoms with Crippen molar-refractivity contribution in [3.05, 3.63) is 6.20 Å². The van der Waals surface area contributed by atoms with Crippen LogP contribution in [0.15, 0.2) is 11.1 Å². The molecule has 19 heavy (non-hydrogen) atoms. The topological polar surface area (TPSA) is 90.0 Å². The molecule has 0 fully saturated rings. The van der Waals surface area contributed by atoms with E-state index in [0.717, 1.165) is 12.8 Å². The summed E-state index contributed by atoms with van der Waals surface area (Å²) < 4.78 is 28.6. The Morgan fingerprint density at radius 2 is 2.05 bits per heavy atom. The molecule has 0 amide bonds. The summed E-state index contributed by atoms with van der Waals surface area (Å²) in [4.78, 5) is 0.0663. The lowest BCUT2D eigenvalue weighted by atomic mass is 10.1. The zero-order chi connectivity index (χ0) is 14.6. The highest BCUT2D eigenvalue weighted by atomic mass is 32.2. The molecule has 7 heteroatoms. The van der Waals surface area contributed by atoms with Crippen LogP contribution in [0.4, 0.5) is 5.82 Å². The van der Waals surface area contributed by atoms with Gasteiger partial charge in [0.15, 0.2) is 5.82 Å². The van der Waals surface area contributed by atoms with Crippen molar-refractivity contribution < 1.29 is 8.42 Å². The molecule has 0 aromatic carbocycles. The second-order valence-corrected chi connectivity index (χ2v) is 6.98. The molecule has 1 atom stereocenters. The van der Waals surface area contributed by atoms with Crippen LogP contribution in [0.2, 0.25) is 0 Å². The summed E-state index contributed by atoms with van der Waals surface area (Å²) in [7, 11) is -3.59. The normalized spacial score (nSPS) is 13.9. The molecule has 0 spiro atoms. The van der Waals surface area contributed by atoms with Gasteiger partial charge in [0.2, 0.25) is 10.0 Å². The number of nitrogens with one attached hydrogen (secondary N) is 1. The zero-order valence-electron chi connectivity index (χ0n) is 12.0. The Bertz CT molecular complexity index is 508. The maximum Gasteiger partial charge on any atom is 0.246 e. The van der Waals surface area contributed by atoms with Gasteiger partial charge in [0.25, 0.3) is 0 Å². The van der Waals surface area contributed by atoms with E-state index in [1.54, 1.807) is 4.68 Å². The van der Waals surface area contributed by atoms with Crippen molar-refractivity contribution in [1.82, 2.24) is 14.5 Å². The maximum absolute atomic E-state index is 12.2. The summed E-state index contributed by atoms with van der Waals surface area (Å²) in [5.74, 6) is 0.482. The molecule has 0 saturated heterocycles. The van der Waals surface area contributed by atoms with Crippen LogP contribution in [0.3, 0.4) is 0 Å². The molecular formula is C12H24N4O2S. The van der Waals surface area contributed by atoms with Gasteiger partial charge in [-0.15, -0.1) is 0 Å². The highest BCUT2D eigenvalue weighted by Crippen LogP contribution is 2.17. The molecule has 1 aromatic heterocycles. The smallest absolute Gasteiger partial charge is 0.246 e. The van der Waals surface area contributed by atoms with Crippen LogP contribution < -0.4 is 10.5 Å². The van der Waals surface area contributed by atoms with Crippen LogP contribution in [0.5, 0.6) is 0 Å². The number of nitrogens with zero attached hydrogens (tertiary/aromatic N) is 2. The van der Waals surface area contributed by atoms with E-state index in [1.807, 2.05) is 13.8 Å². The minimum atomic E-state index is -3.59. The maximum atomic E-state index is 12.2. The Morgan fingerprint density at radius 3 is 2.58 bits per heavy atom. The van der Waals surface area contributed by atoms with Crippen molar-refractivity contribution in [3.63, 3.8) is 0 Å². The third-order valence-corrected chi connectivity index (χ3v) is 4.28. The number of aromatic nitrogens is 2. The van der Waals surface area contributed by atoms with Crippen molar-refractivity contribution in [2.45, 2.75) is 58.0 Å². The van der Waals surface area contributed by atoms with Crippen LogP contribution >= 0.6 is 0 Å². The molecule has 0 aliphatic heterocycles. The van der Waals surface area contributed by atoms with Gasteiger partial charge in [-0.25, -0.2) is 13.1 Å². The molecule has 1 aromatic rings. The van der Waals surface area contributed by atoms with Crippen LogP contribution in [0, 0.1) is 5.92 Å². The number of sulfonamides is 1. The number of rotatable bonds is 7. The molecule has 0 aliphatic carbocycles. The second kappa shape index (κ2) is 6.38. The Morgan fingerprint density at radius 1 is 1.42 bits per heavy atom. The van der Waals surface area contributed by atoms with E-state index in [0.29, 0.717) is 12.5 Å². The van der Waals surface area contributed by atoms with Gasteiger partial charge in [-0.1, -0.05) is 20.8 Å². The first-order valence-electron chi connectivity index (χ1n) is 6.61. The van der Waals surface area contributed by atoms with Gasteiger partial charge >= 0.3 is 0 Å². The summed E-state index contributed by atoms with van der Waals surface area (Å²) in [6.07, 6.45) is 3.14.